The van der Waals surface area contributed by atoms with Gasteiger partial charge >= 0.3 is 0 Å². The molecule has 0 saturated heterocycles. The van der Waals surface area contributed by atoms with E-state index in [0.29, 0.717) is 28.7 Å². The number of hydrogen-bond donors (Lipinski definition) is 0. The number of ether oxygens (including phenoxy) is 2. The molecule has 0 atom stereocenters. The number of aromatic nitrogens is 2. The van der Waals surface area contributed by atoms with Crippen LogP contribution >= 0.6 is 0 Å². The molecule has 0 aliphatic rings. The molecule has 4 rings (SSSR count). The number of methoxy groups -OCH3 is 1. The number of hydrogen-bond acceptors (Lipinski definition) is 6. The summed E-state index contributed by atoms with van der Waals surface area (Å²) in [5.74, 6) is 2.11. The average Bonchev–Trinajstić information content (AvgIpc) is 3.27. The first-order valence-corrected chi connectivity index (χ1v) is 9.02. The lowest BCUT2D eigenvalue weighted by atomic mass is 10.0. The van der Waals surface area contributed by atoms with Crippen LogP contribution in [0.25, 0.3) is 11.5 Å². The molecule has 0 saturated carbocycles. The monoisotopic (exact) mass is 386 g/mol. The van der Waals surface area contributed by atoms with Crippen LogP contribution in [0.15, 0.2) is 83.3 Å². The highest BCUT2D eigenvalue weighted by atomic mass is 16.5. The third-order valence-corrected chi connectivity index (χ3v) is 4.32. The summed E-state index contributed by atoms with van der Waals surface area (Å²) in [6.07, 6.45) is 0. The number of benzene rings is 3. The van der Waals surface area contributed by atoms with Crippen molar-refractivity contribution in [2.45, 2.75) is 6.61 Å². The van der Waals surface area contributed by atoms with E-state index in [2.05, 4.69) is 10.2 Å². The Balaban J connectivity index is 1.38. The van der Waals surface area contributed by atoms with Gasteiger partial charge in [-0.25, -0.2) is 0 Å². The molecule has 1 heterocycles. The van der Waals surface area contributed by atoms with Gasteiger partial charge in [0.05, 0.1) is 7.11 Å². The van der Waals surface area contributed by atoms with Crippen LogP contribution in [0.1, 0.15) is 21.8 Å². The SMILES string of the molecule is COc1ccc(-c2nnc(COc3ccc(C(=O)c4ccccc4)cc3)o2)cc1. The van der Waals surface area contributed by atoms with Crippen molar-refractivity contribution < 1.29 is 18.7 Å². The molecule has 0 spiro atoms. The number of ketones is 1. The van der Waals surface area contributed by atoms with Crippen LogP contribution < -0.4 is 9.47 Å². The molecule has 0 amide bonds. The van der Waals surface area contributed by atoms with E-state index in [-0.39, 0.29) is 12.4 Å². The Morgan fingerprint density at radius 3 is 2.17 bits per heavy atom. The zero-order chi connectivity index (χ0) is 20.1. The van der Waals surface area contributed by atoms with Crippen LogP contribution in [0.2, 0.25) is 0 Å². The second kappa shape index (κ2) is 8.39. The maximum absolute atomic E-state index is 12.4. The average molecular weight is 386 g/mol. The van der Waals surface area contributed by atoms with E-state index in [1.165, 1.54) is 0 Å². The van der Waals surface area contributed by atoms with Gasteiger partial charge in [0.1, 0.15) is 11.5 Å². The predicted molar refractivity (Wildman–Crippen MR) is 107 cm³/mol. The molecular weight excluding hydrogens is 368 g/mol. The van der Waals surface area contributed by atoms with E-state index in [1.807, 2.05) is 42.5 Å². The molecule has 3 aromatic carbocycles. The van der Waals surface area contributed by atoms with Crippen LogP contribution in [-0.2, 0) is 6.61 Å². The third kappa shape index (κ3) is 4.32. The largest absolute Gasteiger partial charge is 0.497 e. The standard InChI is InChI=1S/C23H18N2O4/c1-27-19-11-9-18(10-12-19)23-25-24-21(29-23)15-28-20-13-7-17(8-14-20)22(26)16-5-3-2-4-6-16/h2-14H,15H2,1H3. The van der Waals surface area contributed by atoms with Crippen LogP contribution in [0.5, 0.6) is 11.5 Å². The number of nitrogens with zero attached hydrogens (tertiary/aromatic N) is 2. The minimum atomic E-state index is -0.0295. The van der Waals surface area contributed by atoms with E-state index in [4.69, 9.17) is 13.9 Å². The van der Waals surface area contributed by atoms with Gasteiger partial charge in [0, 0.05) is 16.7 Å². The van der Waals surface area contributed by atoms with E-state index in [9.17, 15) is 4.79 Å². The second-order valence-electron chi connectivity index (χ2n) is 6.24. The van der Waals surface area contributed by atoms with Crippen molar-refractivity contribution >= 4 is 5.78 Å². The van der Waals surface area contributed by atoms with Crippen molar-refractivity contribution in [3.63, 3.8) is 0 Å². The van der Waals surface area contributed by atoms with Crippen molar-refractivity contribution in [3.05, 3.63) is 95.9 Å². The molecule has 6 heteroatoms. The van der Waals surface area contributed by atoms with Crippen LogP contribution in [0.3, 0.4) is 0 Å². The van der Waals surface area contributed by atoms with Gasteiger partial charge in [-0.15, -0.1) is 10.2 Å². The van der Waals surface area contributed by atoms with E-state index in [1.54, 1.807) is 43.5 Å². The van der Waals surface area contributed by atoms with E-state index in [0.717, 1.165) is 11.3 Å². The maximum Gasteiger partial charge on any atom is 0.254 e. The highest BCUT2D eigenvalue weighted by Crippen LogP contribution is 2.22. The molecule has 29 heavy (non-hydrogen) atoms. The zero-order valence-corrected chi connectivity index (χ0v) is 15.7. The lowest BCUT2D eigenvalue weighted by Gasteiger charge is -2.05. The lowest BCUT2D eigenvalue weighted by Crippen LogP contribution is -2.01. The highest BCUT2D eigenvalue weighted by molar-refractivity contribution is 6.08. The van der Waals surface area contributed by atoms with Gasteiger partial charge in [-0.2, -0.15) is 0 Å². The van der Waals surface area contributed by atoms with E-state index >= 15 is 0 Å². The Hall–Kier alpha value is -3.93. The van der Waals surface area contributed by atoms with Crippen molar-refractivity contribution in [2.75, 3.05) is 7.11 Å². The van der Waals surface area contributed by atoms with Gasteiger partial charge in [-0.1, -0.05) is 30.3 Å². The Labute approximate surface area is 167 Å². The number of rotatable bonds is 7. The molecule has 0 radical (unpaired) electrons. The first-order valence-electron chi connectivity index (χ1n) is 9.02. The summed E-state index contributed by atoms with van der Waals surface area (Å²) in [6.45, 7) is 0.134. The van der Waals surface area contributed by atoms with Crippen LogP contribution in [-0.4, -0.2) is 23.1 Å². The third-order valence-electron chi connectivity index (χ3n) is 4.32. The van der Waals surface area contributed by atoms with Gasteiger partial charge in [0.25, 0.3) is 5.89 Å². The quantitative estimate of drug-likeness (QED) is 0.434. The molecule has 4 aromatic rings. The van der Waals surface area contributed by atoms with Gasteiger partial charge in [-0.05, 0) is 48.5 Å². The Morgan fingerprint density at radius 1 is 0.828 bits per heavy atom. The first-order chi connectivity index (χ1) is 14.2. The van der Waals surface area contributed by atoms with Gasteiger partial charge in [-0.3, -0.25) is 4.79 Å². The summed E-state index contributed by atoms with van der Waals surface area (Å²) in [7, 11) is 1.61. The second-order valence-corrected chi connectivity index (χ2v) is 6.24. The molecule has 1 aromatic heterocycles. The van der Waals surface area contributed by atoms with Gasteiger partial charge in [0.15, 0.2) is 12.4 Å². The summed E-state index contributed by atoms with van der Waals surface area (Å²) >= 11 is 0. The number of carbonyl (C=O) groups is 1. The first kappa shape index (κ1) is 18.4. The molecule has 0 unspecified atom stereocenters. The highest BCUT2D eigenvalue weighted by Gasteiger charge is 2.11. The van der Waals surface area contributed by atoms with Gasteiger partial charge in [0.2, 0.25) is 5.89 Å². The summed E-state index contributed by atoms with van der Waals surface area (Å²) in [5.41, 5.74) is 2.05. The fraction of sp³-hybridized carbons (Fsp3) is 0.0870. The molecule has 0 bridgehead atoms. The lowest BCUT2D eigenvalue weighted by molar-refractivity contribution is 0.103. The maximum atomic E-state index is 12.4. The summed E-state index contributed by atoms with van der Waals surface area (Å²) in [6, 6.07) is 23.5. The number of carbonyl (C=O) groups excluding carboxylic acids is 1. The van der Waals surface area contributed by atoms with E-state index < -0.39 is 0 Å². The zero-order valence-electron chi connectivity index (χ0n) is 15.7. The van der Waals surface area contributed by atoms with Crippen LogP contribution in [0.4, 0.5) is 0 Å². The smallest absolute Gasteiger partial charge is 0.254 e. The van der Waals surface area contributed by atoms with Crippen molar-refractivity contribution in [2.24, 2.45) is 0 Å². The summed E-state index contributed by atoms with van der Waals surface area (Å²) < 4.78 is 16.5. The molecule has 0 aliphatic carbocycles. The Kier molecular flexibility index (Phi) is 5.33. The van der Waals surface area contributed by atoms with Crippen molar-refractivity contribution in [1.82, 2.24) is 10.2 Å². The topological polar surface area (TPSA) is 74.5 Å². The molecule has 0 aliphatic heterocycles. The fourth-order valence-electron chi connectivity index (χ4n) is 2.77. The Morgan fingerprint density at radius 2 is 1.48 bits per heavy atom. The molecule has 6 nitrogen and oxygen atoms in total. The van der Waals surface area contributed by atoms with Gasteiger partial charge < -0.3 is 13.9 Å². The summed E-state index contributed by atoms with van der Waals surface area (Å²) in [4.78, 5) is 12.4. The van der Waals surface area contributed by atoms with Crippen molar-refractivity contribution in [3.8, 4) is 23.0 Å². The Bertz CT molecular complexity index is 1090. The minimum absolute atomic E-state index is 0.0295. The van der Waals surface area contributed by atoms with Crippen molar-refractivity contribution in [1.29, 1.82) is 0 Å². The minimum Gasteiger partial charge on any atom is -0.497 e. The fourth-order valence-corrected chi connectivity index (χ4v) is 2.77. The molecular formula is C23H18N2O4. The molecule has 0 fully saturated rings. The predicted octanol–water partition coefficient (Wildman–Crippen LogP) is 4.56. The molecule has 144 valence electrons. The normalized spacial score (nSPS) is 10.5. The molecule has 0 N–H and O–H groups in total. The summed E-state index contributed by atoms with van der Waals surface area (Å²) in [5, 5.41) is 8.05. The van der Waals surface area contributed by atoms with Crippen LogP contribution in [0, 0.1) is 0 Å².